The minimum absolute atomic E-state index is 0.218. The normalized spacial score (nSPS) is 19.8. The van der Waals surface area contributed by atoms with Crippen molar-refractivity contribution < 1.29 is 4.79 Å². The monoisotopic (exact) mass is 502 g/mol. The van der Waals surface area contributed by atoms with E-state index in [0.29, 0.717) is 22.6 Å². The predicted octanol–water partition coefficient (Wildman–Crippen LogP) is 5.70. The molecule has 186 valence electrons. The van der Waals surface area contributed by atoms with Crippen molar-refractivity contribution in [2.24, 2.45) is 5.41 Å². The maximum absolute atomic E-state index is 13.3. The third-order valence-corrected chi connectivity index (χ3v) is 8.37. The van der Waals surface area contributed by atoms with Crippen LogP contribution in [-0.4, -0.2) is 40.5 Å². The SMILES string of the molecule is O=C1N(c2cncc(Nc3ncc(Cl)c(-c4cccc(C5CCCC5)c4)n3)c2)CCC12CCNCC2. The molecule has 3 fully saturated rings. The van der Waals surface area contributed by atoms with Crippen molar-refractivity contribution in [1.29, 1.82) is 0 Å². The molecule has 36 heavy (non-hydrogen) atoms. The van der Waals surface area contributed by atoms with E-state index in [0.717, 1.165) is 55.8 Å². The van der Waals surface area contributed by atoms with Gasteiger partial charge in [-0.3, -0.25) is 9.78 Å². The van der Waals surface area contributed by atoms with Crippen LogP contribution < -0.4 is 15.5 Å². The second kappa shape index (κ2) is 9.79. The van der Waals surface area contributed by atoms with Crippen LogP contribution in [0.4, 0.5) is 17.3 Å². The Balaban J connectivity index is 1.23. The van der Waals surface area contributed by atoms with Gasteiger partial charge in [-0.1, -0.05) is 42.6 Å². The van der Waals surface area contributed by atoms with E-state index < -0.39 is 0 Å². The number of halogens is 1. The summed E-state index contributed by atoms with van der Waals surface area (Å²) in [4.78, 5) is 28.7. The smallest absolute Gasteiger partial charge is 0.233 e. The molecule has 2 saturated heterocycles. The van der Waals surface area contributed by atoms with Gasteiger partial charge in [-0.05, 0) is 68.8 Å². The van der Waals surface area contributed by atoms with E-state index in [1.54, 1.807) is 18.6 Å². The van der Waals surface area contributed by atoms with E-state index in [-0.39, 0.29) is 11.3 Å². The van der Waals surface area contributed by atoms with Gasteiger partial charge in [0.1, 0.15) is 0 Å². The first-order valence-electron chi connectivity index (χ1n) is 13.0. The first-order valence-corrected chi connectivity index (χ1v) is 13.4. The van der Waals surface area contributed by atoms with Gasteiger partial charge in [0.2, 0.25) is 11.9 Å². The Morgan fingerprint density at radius 1 is 1.06 bits per heavy atom. The van der Waals surface area contributed by atoms with Crippen LogP contribution in [0.1, 0.15) is 56.4 Å². The van der Waals surface area contributed by atoms with E-state index in [9.17, 15) is 4.79 Å². The van der Waals surface area contributed by atoms with Crippen LogP contribution in [0.5, 0.6) is 0 Å². The van der Waals surface area contributed by atoms with E-state index in [1.807, 2.05) is 17.0 Å². The Kier molecular flexibility index (Phi) is 6.36. The summed E-state index contributed by atoms with van der Waals surface area (Å²) in [6.07, 6.45) is 12.9. The highest BCUT2D eigenvalue weighted by molar-refractivity contribution is 6.32. The second-order valence-corrected chi connectivity index (χ2v) is 10.7. The molecule has 2 aliphatic heterocycles. The van der Waals surface area contributed by atoms with Crippen molar-refractivity contribution in [3.63, 3.8) is 0 Å². The fourth-order valence-electron chi connectivity index (χ4n) is 6.04. The number of carbonyl (C=O) groups excluding carboxylic acids is 1. The topological polar surface area (TPSA) is 83.0 Å². The molecule has 3 aromatic rings. The Labute approximate surface area is 216 Å². The Morgan fingerprint density at radius 2 is 1.89 bits per heavy atom. The molecular formula is C28H31ClN6O. The number of hydrogen-bond acceptors (Lipinski definition) is 6. The molecule has 1 amide bonds. The summed E-state index contributed by atoms with van der Waals surface area (Å²) in [6.45, 7) is 2.53. The summed E-state index contributed by atoms with van der Waals surface area (Å²) in [5.41, 5.74) is 4.37. The van der Waals surface area contributed by atoms with Crippen LogP contribution >= 0.6 is 11.6 Å². The average molecular weight is 503 g/mol. The molecule has 0 unspecified atom stereocenters. The Bertz CT molecular complexity index is 1270. The quantitative estimate of drug-likeness (QED) is 0.465. The van der Waals surface area contributed by atoms with Crippen LogP contribution in [0.15, 0.2) is 48.9 Å². The largest absolute Gasteiger partial charge is 0.323 e. The maximum atomic E-state index is 13.3. The highest BCUT2D eigenvalue weighted by atomic mass is 35.5. The molecule has 0 bridgehead atoms. The molecule has 7 nitrogen and oxygen atoms in total. The number of carbonyl (C=O) groups is 1. The first kappa shape index (κ1) is 23.4. The van der Waals surface area contributed by atoms with Crippen LogP contribution in [0.2, 0.25) is 5.02 Å². The zero-order chi connectivity index (χ0) is 24.5. The number of amides is 1. The lowest BCUT2D eigenvalue weighted by Gasteiger charge is -2.32. The van der Waals surface area contributed by atoms with Crippen molar-refractivity contribution in [2.75, 3.05) is 29.9 Å². The third kappa shape index (κ3) is 4.46. The minimum Gasteiger partial charge on any atom is -0.323 e. The van der Waals surface area contributed by atoms with Gasteiger partial charge < -0.3 is 15.5 Å². The van der Waals surface area contributed by atoms with Gasteiger partial charge in [0.05, 0.1) is 46.1 Å². The van der Waals surface area contributed by atoms with Crippen molar-refractivity contribution in [3.05, 3.63) is 59.5 Å². The maximum Gasteiger partial charge on any atom is 0.233 e. The van der Waals surface area contributed by atoms with Gasteiger partial charge in [-0.15, -0.1) is 0 Å². The predicted molar refractivity (Wildman–Crippen MR) is 143 cm³/mol. The van der Waals surface area contributed by atoms with Gasteiger partial charge >= 0.3 is 0 Å². The summed E-state index contributed by atoms with van der Waals surface area (Å²) < 4.78 is 0. The van der Waals surface area contributed by atoms with Gasteiger partial charge in [0.25, 0.3) is 0 Å². The summed E-state index contributed by atoms with van der Waals surface area (Å²) in [5, 5.41) is 7.16. The van der Waals surface area contributed by atoms with Gasteiger partial charge in [0.15, 0.2) is 0 Å². The number of aromatic nitrogens is 3. The molecule has 1 aliphatic carbocycles. The number of pyridine rings is 1. The molecule has 0 radical (unpaired) electrons. The molecule has 1 spiro atoms. The van der Waals surface area contributed by atoms with Crippen LogP contribution in [0, 0.1) is 5.41 Å². The van der Waals surface area contributed by atoms with Crippen molar-refractivity contribution >= 4 is 34.8 Å². The second-order valence-electron chi connectivity index (χ2n) is 10.3. The Hall–Kier alpha value is -3.03. The summed E-state index contributed by atoms with van der Waals surface area (Å²) >= 11 is 6.53. The van der Waals surface area contributed by atoms with Crippen molar-refractivity contribution in [1.82, 2.24) is 20.3 Å². The fourth-order valence-corrected chi connectivity index (χ4v) is 6.24. The zero-order valence-corrected chi connectivity index (χ0v) is 21.1. The van der Waals surface area contributed by atoms with Gasteiger partial charge in [-0.2, -0.15) is 0 Å². The molecule has 1 saturated carbocycles. The molecule has 2 aromatic heterocycles. The molecule has 2 N–H and O–H groups in total. The van der Waals surface area contributed by atoms with E-state index >= 15 is 0 Å². The van der Waals surface area contributed by atoms with Crippen molar-refractivity contribution in [2.45, 2.75) is 50.9 Å². The molecule has 4 heterocycles. The number of hydrogen-bond donors (Lipinski definition) is 2. The summed E-state index contributed by atoms with van der Waals surface area (Å²) in [7, 11) is 0. The lowest BCUT2D eigenvalue weighted by atomic mass is 9.78. The highest BCUT2D eigenvalue weighted by Gasteiger charge is 2.47. The third-order valence-electron chi connectivity index (χ3n) is 8.10. The number of nitrogens with one attached hydrogen (secondary N) is 2. The number of rotatable bonds is 5. The minimum atomic E-state index is -0.226. The van der Waals surface area contributed by atoms with E-state index in [2.05, 4.69) is 38.8 Å². The molecule has 8 heteroatoms. The standard InChI is InChI=1S/C28H31ClN6O/c29-24-18-32-27(34-25(24)21-7-3-6-20(14-21)19-4-1-2-5-19)33-22-15-23(17-31-16-22)35-13-10-28(26(35)36)8-11-30-12-9-28/h3,6-7,14-19,30H,1-2,4-5,8-13H2,(H,32,33,34). The van der Waals surface area contributed by atoms with Crippen LogP contribution in [-0.2, 0) is 4.79 Å². The fraction of sp³-hybridized carbons (Fsp3) is 0.429. The lowest BCUT2D eigenvalue weighted by molar-refractivity contribution is -0.126. The number of benzene rings is 1. The average Bonchev–Trinajstić information content (AvgIpc) is 3.55. The molecule has 0 atom stereocenters. The number of nitrogens with zero attached hydrogens (tertiary/aromatic N) is 4. The van der Waals surface area contributed by atoms with Crippen LogP contribution in [0.25, 0.3) is 11.3 Å². The number of anilines is 3. The summed E-state index contributed by atoms with van der Waals surface area (Å²) in [6, 6.07) is 10.5. The highest BCUT2D eigenvalue weighted by Crippen LogP contribution is 2.42. The van der Waals surface area contributed by atoms with Gasteiger partial charge in [0, 0.05) is 12.1 Å². The first-order chi connectivity index (χ1) is 17.6. The lowest BCUT2D eigenvalue weighted by Crippen LogP contribution is -2.42. The van der Waals surface area contributed by atoms with E-state index in [1.165, 1.54) is 31.2 Å². The molecule has 6 rings (SSSR count). The van der Waals surface area contributed by atoms with Crippen LogP contribution in [0.3, 0.4) is 0 Å². The Morgan fingerprint density at radius 3 is 2.72 bits per heavy atom. The van der Waals surface area contributed by atoms with E-state index in [4.69, 9.17) is 16.6 Å². The van der Waals surface area contributed by atoms with Crippen molar-refractivity contribution in [3.8, 4) is 11.3 Å². The molecular weight excluding hydrogens is 472 g/mol. The summed E-state index contributed by atoms with van der Waals surface area (Å²) in [5.74, 6) is 1.28. The number of piperidine rings is 1. The molecule has 1 aromatic carbocycles. The van der Waals surface area contributed by atoms with Gasteiger partial charge in [-0.25, -0.2) is 9.97 Å². The molecule has 3 aliphatic rings. The zero-order valence-electron chi connectivity index (χ0n) is 20.3.